The van der Waals surface area contributed by atoms with Crippen LogP contribution in [0.25, 0.3) is 10.8 Å². The molecule has 3 heteroatoms. The normalized spacial score (nSPS) is 12.9. The minimum Gasteiger partial charge on any atom is -0.327 e. The number of rotatable bonds is 2. The van der Waals surface area contributed by atoms with Crippen LogP contribution < -0.4 is 4.90 Å². The first-order valence-corrected chi connectivity index (χ1v) is 7.26. The lowest BCUT2D eigenvalue weighted by Crippen LogP contribution is -2.22. The highest BCUT2D eigenvalue weighted by Crippen LogP contribution is 2.37. The standard InChI is InChI=1S/C18H13ClN2/c19-15-9-7-13(8-10-15)11-21-12-20-16-5-1-3-14-4-2-6-17(21)18(14)16/h1-10,12H,11H2. The first-order valence-electron chi connectivity index (χ1n) is 6.88. The van der Waals surface area contributed by atoms with Gasteiger partial charge in [-0.2, -0.15) is 0 Å². The summed E-state index contributed by atoms with van der Waals surface area (Å²) in [6.45, 7) is 0.786. The third-order valence-electron chi connectivity index (χ3n) is 3.77. The van der Waals surface area contributed by atoms with Gasteiger partial charge >= 0.3 is 0 Å². The van der Waals surface area contributed by atoms with E-state index in [-0.39, 0.29) is 0 Å². The molecule has 0 saturated heterocycles. The molecule has 0 amide bonds. The minimum absolute atomic E-state index is 0.763. The highest BCUT2D eigenvalue weighted by molar-refractivity contribution is 6.30. The predicted molar refractivity (Wildman–Crippen MR) is 89.7 cm³/mol. The zero-order chi connectivity index (χ0) is 14.2. The Morgan fingerprint density at radius 1 is 0.905 bits per heavy atom. The number of anilines is 1. The Labute approximate surface area is 128 Å². The Bertz CT molecular complexity index is 832. The van der Waals surface area contributed by atoms with E-state index in [2.05, 4.69) is 52.4 Å². The van der Waals surface area contributed by atoms with Gasteiger partial charge in [-0.15, -0.1) is 0 Å². The van der Waals surface area contributed by atoms with Gasteiger partial charge in [0.2, 0.25) is 0 Å². The molecule has 0 saturated carbocycles. The molecule has 3 aromatic rings. The molecule has 0 unspecified atom stereocenters. The first kappa shape index (κ1) is 12.4. The lowest BCUT2D eigenvalue weighted by Gasteiger charge is -2.25. The molecule has 0 bridgehead atoms. The smallest absolute Gasteiger partial charge is 0.0960 e. The van der Waals surface area contributed by atoms with Crippen molar-refractivity contribution >= 4 is 40.1 Å². The van der Waals surface area contributed by atoms with Gasteiger partial charge < -0.3 is 4.90 Å². The third kappa shape index (κ3) is 2.18. The Morgan fingerprint density at radius 3 is 2.48 bits per heavy atom. The number of hydrogen-bond acceptors (Lipinski definition) is 2. The van der Waals surface area contributed by atoms with Crippen molar-refractivity contribution in [3.05, 3.63) is 71.2 Å². The number of nitrogens with zero attached hydrogens (tertiary/aromatic N) is 2. The maximum atomic E-state index is 5.95. The molecule has 0 atom stereocenters. The summed E-state index contributed by atoms with van der Waals surface area (Å²) < 4.78 is 0. The van der Waals surface area contributed by atoms with E-state index in [0.717, 1.165) is 17.3 Å². The van der Waals surface area contributed by atoms with Crippen LogP contribution in [0, 0.1) is 0 Å². The lowest BCUT2D eigenvalue weighted by atomic mass is 10.0. The molecule has 3 aromatic carbocycles. The van der Waals surface area contributed by atoms with Crippen LogP contribution in [0.5, 0.6) is 0 Å². The molecule has 0 aromatic heterocycles. The summed E-state index contributed by atoms with van der Waals surface area (Å²) in [5.74, 6) is 0. The van der Waals surface area contributed by atoms with Crippen LogP contribution in [-0.4, -0.2) is 6.34 Å². The van der Waals surface area contributed by atoms with Gasteiger partial charge in [0.05, 0.1) is 17.7 Å². The number of halogens is 1. The monoisotopic (exact) mass is 292 g/mol. The summed E-state index contributed by atoms with van der Waals surface area (Å²) >= 11 is 5.95. The Hall–Kier alpha value is -2.32. The molecular formula is C18H13ClN2. The van der Waals surface area contributed by atoms with E-state index >= 15 is 0 Å². The zero-order valence-electron chi connectivity index (χ0n) is 11.3. The summed E-state index contributed by atoms with van der Waals surface area (Å²) in [7, 11) is 0. The van der Waals surface area contributed by atoms with Crippen molar-refractivity contribution in [3.63, 3.8) is 0 Å². The SMILES string of the molecule is Clc1ccc(CN2C=Nc3cccc4cccc2c34)cc1. The molecular weight excluding hydrogens is 280 g/mol. The number of hydrogen-bond donors (Lipinski definition) is 0. The van der Waals surface area contributed by atoms with Crippen molar-refractivity contribution < 1.29 is 0 Å². The molecule has 0 spiro atoms. The largest absolute Gasteiger partial charge is 0.327 e. The average Bonchev–Trinajstić information content (AvgIpc) is 2.52. The quantitative estimate of drug-likeness (QED) is 0.636. The minimum atomic E-state index is 0.763. The van der Waals surface area contributed by atoms with E-state index in [9.17, 15) is 0 Å². The van der Waals surface area contributed by atoms with E-state index in [4.69, 9.17) is 11.6 Å². The van der Waals surface area contributed by atoms with Gasteiger partial charge in [0.25, 0.3) is 0 Å². The Kier molecular flexibility index (Phi) is 2.90. The second-order valence-corrected chi connectivity index (χ2v) is 5.59. The molecule has 0 radical (unpaired) electrons. The highest BCUT2D eigenvalue weighted by atomic mass is 35.5. The molecule has 1 heterocycles. The van der Waals surface area contributed by atoms with Crippen molar-refractivity contribution in [2.75, 3.05) is 4.90 Å². The highest BCUT2D eigenvalue weighted by Gasteiger charge is 2.15. The van der Waals surface area contributed by atoms with E-state index < -0.39 is 0 Å². The fourth-order valence-electron chi connectivity index (χ4n) is 2.76. The van der Waals surface area contributed by atoms with E-state index in [1.165, 1.54) is 22.0 Å². The Morgan fingerprint density at radius 2 is 1.67 bits per heavy atom. The second-order valence-electron chi connectivity index (χ2n) is 5.15. The van der Waals surface area contributed by atoms with Gasteiger partial charge in [0.15, 0.2) is 0 Å². The van der Waals surface area contributed by atoms with Crippen LogP contribution in [0.4, 0.5) is 11.4 Å². The molecule has 4 rings (SSSR count). The summed E-state index contributed by atoms with van der Waals surface area (Å²) in [6, 6.07) is 20.6. The van der Waals surface area contributed by atoms with Gasteiger partial charge in [-0.1, -0.05) is 48.0 Å². The molecule has 0 N–H and O–H groups in total. The molecule has 2 nitrogen and oxygen atoms in total. The van der Waals surface area contributed by atoms with Crippen molar-refractivity contribution in [2.45, 2.75) is 6.54 Å². The zero-order valence-corrected chi connectivity index (χ0v) is 12.1. The van der Waals surface area contributed by atoms with E-state index in [1.807, 2.05) is 24.5 Å². The van der Waals surface area contributed by atoms with Crippen LogP contribution >= 0.6 is 11.6 Å². The van der Waals surface area contributed by atoms with Gasteiger partial charge in [-0.3, -0.25) is 0 Å². The van der Waals surface area contributed by atoms with Crippen LogP contribution in [0.1, 0.15) is 5.56 Å². The lowest BCUT2D eigenvalue weighted by molar-refractivity contribution is 1.02. The van der Waals surface area contributed by atoms with Crippen LogP contribution in [0.2, 0.25) is 5.02 Å². The van der Waals surface area contributed by atoms with E-state index in [0.29, 0.717) is 0 Å². The number of aliphatic imine (C=N–C) groups is 1. The maximum Gasteiger partial charge on any atom is 0.0960 e. The predicted octanol–water partition coefficient (Wildman–Crippen LogP) is 5.17. The molecule has 0 fully saturated rings. The van der Waals surface area contributed by atoms with Crippen LogP contribution in [0.3, 0.4) is 0 Å². The molecule has 1 aliphatic heterocycles. The summed E-state index contributed by atoms with van der Waals surface area (Å²) in [5, 5.41) is 3.21. The Balaban J connectivity index is 1.78. The third-order valence-corrected chi connectivity index (χ3v) is 4.02. The van der Waals surface area contributed by atoms with Crippen molar-refractivity contribution in [1.29, 1.82) is 0 Å². The van der Waals surface area contributed by atoms with Gasteiger partial charge in [-0.05, 0) is 35.2 Å². The number of benzene rings is 3. The maximum absolute atomic E-state index is 5.95. The summed E-state index contributed by atoms with van der Waals surface area (Å²) in [6.07, 6.45) is 1.91. The molecule has 102 valence electrons. The summed E-state index contributed by atoms with van der Waals surface area (Å²) in [4.78, 5) is 6.76. The average molecular weight is 293 g/mol. The van der Waals surface area contributed by atoms with Gasteiger partial charge in [0, 0.05) is 17.0 Å². The van der Waals surface area contributed by atoms with Crippen molar-refractivity contribution in [1.82, 2.24) is 0 Å². The molecule has 21 heavy (non-hydrogen) atoms. The topological polar surface area (TPSA) is 15.6 Å². The van der Waals surface area contributed by atoms with Crippen LogP contribution in [-0.2, 0) is 6.54 Å². The fourth-order valence-corrected chi connectivity index (χ4v) is 2.88. The fraction of sp³-hybridized carbons (Fsp3) is 0.0556. The molecule has 1 aliphatic rings. The summed E-state index contributed by atoms with van der Waals surface area (Å²) in [5.41, 5.74) is 3.45. The first-order chi connectivity index (χ1) is 10.3. The van der Waals surface area contributed by atoms with Gasteiger partial charge in [0.1, 0.15) is 0 Å². The van der Waals surface area contributed by atoms with Crippen molar-refractivity contribution in [2.24, 2.45) is 4.99 Å². The van der Waals surface area contributed by atoms with Crippen LogP contribution in [0.15, 0.2) is 65.7 Å². The second kappa shape index (κ2) is 4.90. The van der Waals surface area contributed by atoms with Crippen molar-refractivity contribution in [3.8, 4) is 0 Å². The van der Waals surface area contributed by atoms with Gasteiger partial charge in [-0.25, -0.2) is 4.99 Å². The molecule has 0 aliphatic carbocycles. The van der Waals surface area contributed by atoms with E-state index in [1.54, 1.807) is 0 Å².